The highest BCUT2D eigenvalue weighted by Gasteiger charge is 2.49. The maximum atomic E-state index is 15.6. The molecule has 7 rings (SSSR count). The first-order valence-corrected chi connectivity index (χ1v) is 14.3. The molecule has 3 fully saturated rings. The average Bonchev–Trinajstić information content (AvgIpc) is 3.43. The van der Waals surface area contributed by atoms with Crippen molar-refractivity contribution in [3.8, 4) is 17.3 Å². The Kier molecular flexibility index (Phi) is 6.57. The van der Waals surface area contributed by atoms with Gasteiger partial charge in [0.15, 0.2) is 5.65 Å². The van der Waals surface area contributed by atoms with Gasteiger partial charge in [-0.15, -0.1) is 0 Å². The minimum atomic E-state index is -0.660. The molecule has 3 aromatic heterocycles. The second-order valence-corrected chi connectivity index (χ2v) is 11.5. The molecule has 3 aliphatic rings. The number of carbonyl (C=O) groups excluding carboxylic acids is 2. The number of anilines is 2. The Bertz CT molecular complexity index is 1830. The highest BCUT2D eigenvalue weighted by atomic mass is 19.1. The molecule has 0 spiro atoms. The van der Waals surface area contributed by atoms with E-state index in [1.165, 1.54) is 18.5 Å². The van der Waals surface area contributed by atoms with Crippen molar-refractivity contribution in [2.45, 2.75) is 44.2 Å². The van der Waals surface area contributed by atoms with E-state index in [2.05, 4.69) is 26.3 Å². The van der Waals surface area contributed by atoms with Crippen molar-refractivity contribution in [1.29, 1.82) is 5.26 Å². The summed E-state index contributed by atoms with van der Waals surface area (Å²) in [4.78, 5) is 40.6. The molecule has 2 saturated carbocycles. The lowest BCUT2D eigenvalue weighted by atomic mass is 10.0. The van der Waals surface area contributed by atoms with E-state index in [0.717, 1.165) is 38.2 Å². The maximum Gasteiger partial charge on any atom is 0.264 e. The third-order valence-corrected chi connectivity index (χ3v) is 8.64. The van der Waals surface area contributed by atoms with Gasteiger partial charge in [0.25, 0.3) is 11.8 Å². The number of fused-ring (bicyclic) bond motifs is 3. The fourth-order valence-electron chi connectivity index (χ4n) is 6.35. The van der Waals surface area contributed by atoms with E-state index in [0.29, 0.717) is 29.3 Å². The van der Waals surface area contributed by atoms with Gasteiger partial charge in [-0.05, 0) is 74.3 Å². The van der Waals surface area contributed by atoms with Gasteiger partial charge in [0.1, 0.15) is 41.1 Å². The van der Waals surface area contributed by atoms with Crippen LogP contribution in [0.5, 0.6) is 0 Å². The number of nitrogens with two attached hydrogens (primary N) is 1. The van der Waals surface area contributed by atoms with Crippen LogP contribution in [0.4, 0.5) is 16.0 Å². The Morgan fingerprint density at radius 1 is 1.14 bits per heavy atom. The summed E-state index contributed by atoms with van der Waals surface area (Å²) in [5, 5.41) is 17.6. The highest BCUT2D eigenvalue weighted by molar-refractivity contribution is 6.04. The molecule has 43 heavy (non-hydrogen) atoms. The number of carbonyl (C=O) groups is 2. The van der Waals surface area contributed by atoms with Gasteiger partial charge in [-0.3, -0.25) is 9.59 Å². The van der Waals surface area contributed by atoms with E-state index in [9.17, 15) is 14.9 Å². The summed E-state index contributed by atoms with van der Waals surface area (Å²) in [5.74, 6) is -0.0965. The first kappa shape index (κ1) is 26.7. The minimum Gasteiger partial charge on any atom is -0.383 e. The number of halogens is 1. The average molecular weight is 578 g/mol. The van der Waals surface area contributed by atoms with Crippen molar-refractivity contribution in [3.05, 3.63) is 72.0 Å². The van der Waals surface area contributed by atoms with Crippen LogP contribution in [0, 0.1) is 29.0 Å². The van der Waals surface area contributed by atoms with Crippen molar-refractivity contribution >= 4 is 34.5 Å². The molecular weight excluding hydrogens is 549 g/mol. The summed E-state index contributed by atoms with van der Waals surface area (Å²) < 4.78 is 17.4. The second-order valence-electron chi connectivity index (χ2n) is 11.5. The number of piperidine rings is 1. The number of pyridine rings is 1. The number of likely N-dealkylation sites (tertiary alicyclic amines) is 1. The number of rotatable bonds is 7. The number of benzene rings is 1. The standard InChI is InChI=1S/C31H28FN9O2/c32-22-13-19(30(42)38-25-3-1-2-10-35-25)8-9-21(22)27-26-28(34)36-16-37-29(26)41(39-27)24-12-18-11-23(24)40(15-18)31(43)20(14-33)7-6-17-4-5-17/h1-3,7-10,13,16-18,23-24H,4-6,11-12,15H2,(H2,34,36,37)(H,35,38,42)/t18-,23-,24+/m1/s1. The third kappa shape index (κ3) is 4.86. The Labute approximate surface area is 246 Å². The zero-order valence-corrected chi connectivity index (χ0v) is 23.2. The minimum absolute atomic E-state index is 0.116. The molecule has 12 heteroatoms. The van der Waals surface area contributed by atoms with Crippen LogP contribution in [0.15, 0.2) is 60.6 Å². The number of hydrogen-bond acceptors (Lipinski definition) is 8. The molecule has 0 radical (unpaired) electrons. The van der Waals surface area contributed by atoms with Crippen molar-refractivity contribution < 1.29 is 14.0 Å². The molecule has 3 N–H and O–H groups in total. The van der Waals surface area contributed by atoms with E-state index in [-0.39, 0.29) is 52.1 Å². The summed E-state index contributed by atoms with van der Waals surface area (Å²) >= 11 is 0. The second kappa shape index (κ2) is 10.6. The molecule has 2 bridgehead atoms. The van der Waals surface area contributed by atoms with E-state index in [1.54, 1.807) is 40.1 Å². The van der Waals surface area contributed by atoms with Gasteiger partial charge in [0.2, 0.25) is 0 Å². The molecule has 216 valence electrons. The molecule has 4 aromatic rings. The molecular formula is C31H28FN9O2. The monoisotopic (exact) mass is 577 g/mol. The van der Waals surface area contributed by atoms with Crippen LogP contribution in [0.25, 0.3) is 22.3 Å². The Hall–Kier alpha value is -5.18. The largest absolute Gasteiger partial charge is 0.383 e. The van der Waals surface area contributed by atoms with Crippen molar-refractivity contribution in [3.63, 3.8) is 0 Å². The third-order valence-electron chi connectivity index (χ3n) is 8.64. The van der Waals surface area contributed by atoms with Gasteiger partial charge < -0.3 is 16.0 Å². The van der Waals surface area contributed by atoms with Gasteiger partial charge in [-0.2, -0.15) is 10.4 Å². The lowest BCUT2D eigenvalue weighted by Gasteiger charge is -2.33. The van der Waals surface area contributed by atoms with Gasteiger partial charge in [0, 0.05) is 23.9 Å². The van der Waals surface area contributed by atoms with Gasteiger partial charge >= 0.3 is 0 Å². The smallest absolute Gasteiger partial charge is 0.264 e. The summed E-state index contributed by atoms with van der Waals surface area (Å²) in [6, 6.07) is 10.9. The summed E-state index contributed by atoms with van der Waals surface area (Å²) in [7, 11) is 0. The molecule has 11 nitrogen and oxygen atoms in total. The number of allylic oxidation sites excluding steroid dienone is 1. The topological polar surface area (TPSA) is 156 Å². The first-order valence-electron chi connectivity index (χ1n) is 14.3. The number of aromatic nitrogens is 5. The normalized spacial score (nSPS) is 21.3. The molecule has 3 atom stereocenters. The number of amides is 2. The van der Waals surface area contributed by atoms with E-state index < -0.39 is 11.7 Å². The van der Waals surface area contributed by atoms with Crippen molar-refractivity contribution in [2.24, 2.45) is 11.8 Å². The molecule has 1 saturated heterocycles. The fraction of sp³-hybridized carbons (Fsp3) is 0.323. The van der Waals surface area contributed by atoms with Crippen molar-refractivity contribution in [2.75, 3.05) is 17.6 Å². The summed E-state index contributed by atoms with van der Waals surface area (Å²) in [6.45, 7) is 0.586. The fourth-order valence-corrected chi connectivity index (χ4v) is 6.35. The quantitative estimate of drug-likeness (QED) is 0.244. The number of nitrogen functional groups attached to an aromatic ring is 1. The van der Waals surface area contributed by atoms with Crippen LogP contribution in [-0.2, 0) is 4.79 Å². The van der Waals surface area contributed by atoms with Crippen LogP contribution >= 0.6 is 0 Å². The SMILES string of the molecule is N#CC(=CCC1CC1)C(=O)N1C[C@@H]2C[C@@H]1[C@@H](n1nc(-c3ccc(C(=O)Nc4ccccn4)cc3F)c3c(N)ncnc31)C2. The lowest BCUT2D eigenvalue weighted by molar-refractivity contribution is -0.129. The Morgan fingerprint density at radius 2 is 1.98 bits per heavy atom. The van der Waals surface area contributed by atoms with Crippen LogP contribution < -0.4 is 11.1 Å². The van der Waals surface area contributed by atoms with Crippen LogP contribution in [0.2, 0.25) is 0 Å². The predicted octanol–water partition coefficient (Wildman–Crippen LogP) is 4.27. The highest BCUT2D eigenvalue weighted by Crippen LogP contribution is 2.47. The Balaban J connectivity index is 1.21. The number of nitrogens with one attached hydrogen (secondary N) is 1. The zero-order valence-electron chi connectivity index (χ0n) is 23.2. The summed E-state index contributed by atoms with van der Waals surface area (Å²) in [5.41, 5.74) is 7.42. The van der Waals surface area contributed by atoms with Crippen LogP contribution in [0.1, 0.15) is 48.5 Å². The van der Waals surface area contributed by atoms with Crippen LogP contribution in [-0.4, -0.2) is 54.0 Å². The first-order chi connectivity index (χ1) is 20.9. The van der Waals surface area contributed by atoms with Gasteiger partial charge in [-0.1, -0.05) is 12.1 Å². The molecule has 4 heterocycles. The van der Waals surface area contributed by atoms with E-state index in [4.69, 9.17) is 10.8 Å². The molecule has 0 unspecified atom stereocenters. The molecule has 2 amide bonds. The zero-order chi connectivity index (χ0) is 29.7. The Morgan fingerprint density at radius 3 is 2.70 bits per heavy atom. The number of nitrogens with zero attached hydrogens (tertiary/aromatic N) is 7. The maximum absolute atomic E-state index is 15.6. The molecule has 1 aliphatic heterocycles. The molecule has 1 aromatic carbocycles. The van der Waals surface area contributed by atoms with E-state index >= 15 is 4.39 Å². The lowest BCUT2D eigenvalue weighted by Crippen LogP contribution is -2.43. The molecule has 2 aliphatic carbocycles. The van der Waals surface area contributed by atoms with Gasteiger partial charge in [-0.25, -0.2) is 24.0 Å². The number of nitriles is 1. The summed E-state index contributed by atoms with van der Waals surface area (Å²) in [6.07, 6.45) is 9.24. The van der Waals surface area contributed by atoms with Gasteiger partial charge in [0.05, 0.1) is 17.5 Å². The van der Waals surface area contributed by atoms with E-state index in [1.807, 2.05) is 0 Å². The predicted molar refractivity (Wildman–Crippen MR) is 156 cm³/mol. The van der Waals surface area contributed by atoms with Crippen LogP contribution in [0.3, 0.4) is 0 Å². The number of hydrogen-bond donors (Lipinski definition) is 2. The van der Waals surface area contributed by atoms with Crippen molar-refractivity contribution in [1.82, 2.24) is 29.6 Å².